The Kier molecular flexibility index (Phi) is 8.92. The number of pyridine rings is 1. The number of hydrogen-bond acceptors (Lipinski definition) is 10. The molecular formula is C25H32N8O3. The Morgan fingerprint density at radius 2 is 1.97 bits per heavy atom. The molecule has 0 spiro atoms. The van der Waals surface area contributed by atoms with Gasteiger partial charge in [0.2, 0.25) is 5.88 Å². The van der Waals surface area contributed by atoms with Crippen molar-refractivity contribution in [1.29, 1.82) is 0 Å². The third kappa shape index (κ3) is 6.42. The number of anilines is 1. The van der Waals surface area contributed by atoms with E-state index in [-0.39, 0.29) is 11.9 Å². The number of hydrogen-bond donors (Lipinski definition) is 2. The summed E-state index contributed by atoms with van der Waals surface area (Å²) < 4.78 is 10.8. The van der Waals surface area contributed by atoms with Gasteiger partial charge in [0.05, 0.1) is 26.0 Å². The summed E-state index contributed by atoms with van der Waals surface area (Å²) >= 11 is 0. The smallest absolute Gasteiger partial charge is 0.289 e. The summed E-state index contributed by atoms with van der Waals surface area (Å²) in [6.45, 7) is 4.89. The number of rotatable bonds is 12. The molecule has 1 amide bonds. The zero-order valence-electron chi connectivity index (χ0n) is 20.6. The number of allylic oxidation sites excluding steroid dienone is 1. The number of amidine groups is 1. The van der Waals surface area contributed by atoms with Crippen molar-refractivity contribution in [2.45, 2.75) is 32.0 Å². The van der Waals surface area contributed by atoms with E-state index >= 15 is 0 Å². The zero-order chi connectivity index (χ0) is 25.2. The molecule has 0 saturated carbocycles. The number of nitrogens with one attached hydrogen (secondary N) is 2. The second-order valence-corrected chi connectivity index (χ2v) is 8.28. The van der Waals surface area contributed by atoms with Crippen LogP contribution in [0.15, 0.2) is 53.0 Å². The van der Waals surface area contributed by atoms with Crippen molar-refractivity contribution >= 4 is 29.3 Å². The van der Waals surface area contributed by atoms with Gasteiger partial charge in [0.1, 0.15) is 5.82 Å². The lowest BCUT2D eigenvalue weighted by atomic mass is 9.99. The van der Waals surface area contributed by atoms with Gasteiger partial charge < -0.3 is 25.0 Å². The number of aromatic nitrogens is 3. The number of amides is 1. The molecule has 0 aromatic carbocycles. The maximum absolute atomic E-state index is 13.4. The molecule has 2 aromatic heterocycles. The number of dihydropyridines is 1. The number of fused-ring (bicyclic) bond motifs is 1. The molecule has 2 aromatic rings. The third-order valence-electron chi connectivity index (χ3n) is 5.73. The first kappa shape index (κ1) is 25.2. The van der Waals surface area contributed by atoms with Crippen LogP contribution in [0, 0.1) is 0 Å². The van der Waals surface area contributed by atoms with Crippen LogP contribution in [0.25, 0.3) is 5.57 Å². The number of carbonyl (C=O) groups excluding carboxylic acids is 1. The van der Waals surface area contributed by atoms with Crippen molar-refractivity contribution in [3.05, 3.63) is 48.6 Å². The van der Waals surface area contributed by atoms with E-state index in [1.807, 2.05) is 12.1 Å². The van der Waals surface area contributed by atoms with Gasteiger partial charge in [-0.1, -0.05) is 6.92 Å². The van der Waals surface area contributed by atoms with E-state index in [0.29, 0.717) is 44.6 Å². The first-order valence-electron chi connectivity index (χ1n) is 12.1. The van der Waals surface area contributed by atoms with Gasteiger partial charge >= 0.3 is 0 Å². The lowest BCUT2D eigenvalue weighted by molar-refractivity contribution is -0.127. The average molecular weight is 493 g/mol. The third-order valence-corrected chi connectivity index (χ3v) is 5.73. The Bertz CT molecular complexity index is 1090. The topological polar surface area (TPSA) is 126 Å². The molecule has 190 valence electrons. The monoisotopic (exact) mass is 492 g/mol. The highest BCUT2D eigenvalue weighted by atomic mass is 16.5. The molecule has 0 aliphatic carbocycles. The predicted molar refractivity (Wildman–Crippen MR) is 138 cm³/mol. The number of ether oxygens (including phenoxy) is 2. The molecule has 0 bridgehead atoms. The number of nitrogens with zero attached hydrogens (tertiary/aromatic N) is 6. The van der Waals surface area contributed by atoms with Crippen molar-refractivity contribution in [1.82, 2.24) is 25.2 Å². The van der Waals surface area contributed by atoms with E-state index in [9.17, 15) is 4.79 Å². The Hall–Kier alpha value is -3.86. The molecule has 36 heavy (non-hydrogen) atoms. The van der Waals surface area contributed by atoms with Crippen LogP contribution in [0.1, 0.15) is 25.3 Å². The first-order chi connectivity index (χ1) is 17.7. The minimum Gasteiger partial charge on any atom is -0.481 e. The fraction of sp³-hybridized carbons (Fsp3) is 0.440. The van der Waals surface area contributed by atoms with Gasteiger partial charge in [0, 0.05) is 62.7 Å². The maximum atomic E-state index is 13.4. The fourth-order valence-electron chi connectivity index (χ4n) is 3.90. The van der Waals surface area contributed by atoms with Gasteiger partial charge in [-0.3, -0.25) is 14.8 Å². The quantitative estimate of drug-likeness (QED) is 0.430. The van der Waals surface area contributed by atoms with Crippen LogP contribution in [-0.2, 0) is 9.53 Å². The summed E-state index contributed by atoms with van der Waals surface area (Å²) in [5, 5.41) is 6.41. The number of aliphatic imine (C=N–C) groups is 2. The molecule has 2 atom stereocenters. The van der Waals surface area contributed by atoms with Crippen LogP contribution >= 0.6 is 0 Å². The van der Waals surface area contributed by atoms with Crippen LogP contribution in [0.4, 0.5) is 5.82 Å². The Labute approximate surface area is 210 Å². The van der Waals surface area contributed by atoms with E-state index in [1.165, 1.54) is 0 Å². The molecule has 4 rings (SSSR count). The van der Waals surface area contributed by atoms with Gasteiger partial charge in [-0.05, 0) is 30.6 Å². The second-order valence-electron chi connectivity index (χ2n) is 8.28. The largest absolute Gasteiger partial charge is 0.481 e. The Morgan fingerprint density at radius 1 is 1.08 bits per heavy atom. The van der Waals surface area contributed by atoms with Crippen molar-refractivity contribution in [2.75, 3.05) is 45.3 Å². The van der Waals surface area contributed by atoms with E-state index in [2.05, 4.69) is 42.5 Å². The van der Waals surface area contributed by atoms with E-state index in [4.69, 9.17) is 9.47 Å². The van der Waals surface area contributed by atoms with E-state index in [0.717, 1.165) is 29.8 Å². The summed E-state index contributed by atoms with van der Waals surface area (Å²) in [7, 11) is 1.58. The minimum atomic E-state index is -0.413. The average Bonchev–Trinajstić information content (AvgIpc) is 2.92. The van der Waals surface area contributed by atoms with Crippen molar-refractivity contribution in [2.24, 2.45) is 9.98 Å². The van der Waals surface area contributed by atoms with Crippen LogP contribution in [0.2, 0.25) is 0 Å². The summed E-state index contributed by atoms with van der Waals surface area (Å²) in [6.07, 6.45) is 11.8. The Morgan fingerprint density at radius 3 is 2.72 bits per heavy atom. The fourth-order valence-corrected chi connectivity index (χ4v) is 3.90. The van der Waals surface area contributed by atoms with Crippen LogP contribution < -0.4 is 15.4 Å². The standard InChI is InChI=1S/C25H32N8O3/c1-3-12-36-13-11-33-20-14-19(18-5-6-22(35-2)30-15-18)16-31-23(20)32-24(25(33)34)29-8-4-7-27-21-17-26-9-10-28-21/h5-6,9-10,14-17,20,23H,3-4,7-8,11-13H2,1-2H3,(H,27,28)(H,29,32). The maximum Gasteiger partial charge on any atom is 0.289 e. The first-order valence-corrected chi connectivity index (χ1v) is 12.1. The van der Waals surface area contributed by atoms with Gasteiger partial charge in [-0.2, -0.15) is 0 Å². The van der Waals surface area contributed by atoms with Crippen LogP contribution in [-0.4, -0.2) is 90.0 Å². The molecule has 2 aliphatic rings. The number of carbonyl (C=O) groups is 1. The molecule has 2 N–H and O–H groups in total. The zero-order valence-corrected chi connectivity index (χ0v) is 20.6. The Balaban J connectivity index is 1.42. The molecule has 2 unspecified atom stereocenters. The summed E-state index contributed by atoms with van der Waals surface area (Å²) in [4.78, 5) is 37.0. The highest BCUT2D eigenvalue weighted by Gasteiger charge is 2.38. The van der Waals surface area contributed by atoms with E-state index in [1.54, 1.807) is 49.1 Å². The second kappa shape index (κ2) is 12.7. The summed E-state index contributed by atoms with van der Waals surface area (Å²) in [5.74, 6) is 1.43. The van der Waals surface area contributed by atoms with Crippen molar-refractivity contribution < 1.29 is 14.3 Å². The highest BCUT2D eigenvalue weighted by Crippen LogP contribution is 2.26. The van der Waals surface area contributed by atoms with Gasteiger partial charge in [0.25, 0.3) is 5.91 Å². The van der Waals surface area contributed by atoms with Crippen LogP contribution in [0.3, 0.4) is 0 Å². The lowest BCUT2D eigenvalue weighted by Gasteiger charge is -2.38. The molecule has 4 heterocycles. The lowest BCUT2D eigenvalue weighted by Crippen LogP contribution is -2.57. The molecular weight excluding hydrogens is 460 g/mol. The summed E-state index contributed by atoms with van der Waals surface area (Å²) in [5.41, 5.74) is 1.79. The molecule has 11 heteroatoms. The number of methoxy groups -OCH3 is 1. The molecule has 0 saturated heterocycles. The highest BCUT2D eigenvalue weighted by molar-refractivity contribution is 6.38. The van der Waals surface area contributed by atoms with Gasteiger partial charge in [-0.15, -0.1) is 0 Å². The molecule has 0 radical (unpaired) electrons. The summed E-state index contributed by atoms with van der Waals surface area (Å²) in [6, 6.07) is 3.43. The predicted octanol–water partition coefficient (Wildman–Crippen LogP) is 1.80. The minimum absolute atomic E-state index is 0.154. The SMILES string of the molecule is CCCOCCN1C(=O)C(NCCCNc2cnccn2)=NC2N=CC(c3ccc(OC)nc3)=CC21. The molecule has 2 aliphatic heterocycles. The normalized spacial score (nSPS) is 18.8. The van der Waals surface area contributed by atoms with E-state index < -0.39 is 6.17 Å². The van der Waals surface area contributed by atoms with Crippen molar-refractivity contribution in [3.8, 4) is 5.88 Å². The molecule has 11 nitrogen and oxygen atoms in total. The van der Waals surface area contributed by atoms with Crippen molar-refractivity contribution in [3.63, 3.8) is 0 Å². The van der Waals surface area contributed by atoms with Gasteiger partial charge in [0.15, 0.2) is 12.0 Å². The molecule has 0 fully saturated rings. The van der Waals surface area contributed by atoms with Gasteiger partial charge in [-0.25, -0.2) is 15.0 Å². The van der Waals surface area contributed by atoms with Crippen LogP contribution in [0.5, 0.6) is 5.88 Å².